The summed E-state index contributed by atoms with van der Waals surface area (Å²) >= 11 is 12.4. The van der Waals surface area contributed by atoms with Crippen LogP contribution in [0.5, 0.6) is 0 Å². The first-order valence-corrected chi connectivity index (χ1v) is 10.1. The van der Waals surface area contributed by atoms with Crippen molar-refractivity contribution in [2.75, 3.05) is 5.32 Å². The fourth-order valence-corrected chi connectivity index (χ4v) is 5.23. The van der Waals surface area contributed by atoms with Gasteiger partial charge in [0.15, 0.2) is 0 Å². The molecular weight excluding hydrogens is 395 g/mol. The van der Waals surface area contributed by atoms with Crippen LogP contribution in [0.1, 0.15) is 44.4 Å². The van der Waals surface area contributed by atoms with Crippen LogP contribution in [0.15, 0.2) is 42.5 Å². The van der Waals surface area contributed by atoms with Gasteiger partial charge in [0.25, 0.3) is 0 Å². The molecule has 0 saturated carbocycles. The summed E-state index contributed by atoms with van der Waals surface area (Å²) in [5, 5.41) is 7.23. The van der Waals surface area contributed by atoms with Crippen LogP contribution >= 0.6 is 23.2 Å². The molecule has 2 aliphatic rings. The monoisotopic (exact) mass is 416 g/mol. The van der Waals surface area contributed by atoms with E-state index in [4.69, 9.17) is 23.2 Å². The first-order chi connectivity index (χ1) is 13.1. The Labute approximate surface area is 174 Å². The summed E-state index contributed by atoms with van der Waals surface area (Å²) in [6.07, 6.45) is 0.274. The lowest BCUT2D eigenvalue weighted by Crippen LogP contribution is -2.60. The van der Waals surface area contributed by atoms with Crippen molar-refractivity contribution in [1.82, 2.24) is 5.32 Å². The van der Waals surface area contributed by atoms with Crippen molar-refractivity contribution in [3.63, 3.8) is 0 Å². The standard InChI is InChI=1S/C22H22Cl2N2O2/c1-21(2,3)17-11-18(27)26-19(12-5-4-6-13(23)9-12)22(17)15-8-7-14(24)10-16(15)25-20(22)28/h4-10,17,19H,11H2,1-3H3,(H,25,28)(H,26,27)/t17-,19+,22-/m1/s1. The zero-order valence-electron chi connectivity index (χ0n) is 16.0. The molecule has 1 fully saturated rings. The molecule has 0 radical (unpaired) electrons. The van der Waals surface area contributed by atoms with Crippen molar-refractivity contribution in [1.29, 1.82) is 0 Å². The predicted molar refractivity (Wildman–Crippen MR) is 112 cm³/mol. The summed E-state index contributed by atoms with van der Waals surface area (Å²) in [5.74, 6) is -0.388. The molecule has 2 aliphatic heterocycles. The fourth-order valence-electron chi connectivity index (χ4n) is 4.86. The topological polar surface area (TPSA) is 58.2 Å². The first kappa shape index (κ1) is 19.3. The van der Waals surface area contributed by atoms with E-state index in [1.54, 1.807) is 18.2 Å². The summed E-state index contributed by atoms with van der Waals surface area (Å²) in [4.78, 5) is 26.3. The van der Waals surface area contributed by atoms with E-state index in [1.807, 2.05) is 24.3 Å². The maximum absolute atomic E-state index is 13.6. The van der Waals surface area contributed by atoms with E-state index in [0.717, 1.165) is 11.1 Å². The Morgan fingerprint density at radius 3 is 2.43 bits per heavy atom. The van der Waals surface area contributed by atoms with Crippen molar-refractivity contribution in [3.05, 3.63) is 63.6 Å². The molecule has 1 saturated heterocycles. The molecule has 4 nitrogen and oxygen atoms in total. The number of fused-ring (bicyclic) bond motifs is 2. The molecule has 146 valence electrons. The van der Waals surface area contributed by atoms with Crippen molar-refractivity contribution >= 4 is 40.7 Å². The van der Waals surface area contributed by atoms with Crippen LogP contribution < -0.4 is 10.6 Å². The van der Waals surface area contributed by atoms with E-state index >= 15 is 0 Å². The quantitative estimate of drug-likeness (QED) is 0.678. The smallest absolute Gasteiger partial charge is 0.237 e. The highest BCUT2D eigenvalue weighted by Gasteiger charge is 2.63. The van der Waals surface area contributed by atoms with Gasteiger partial charge >= 0.3 is 0 Å². The Kier molecular flexibility index (Phi) is 4.48. The highest BCUT2D eigenvalue weighted by atomic mass is 35.5. The highest BCUT2D eigenvalue weighted by Crippen LogP contribution is 2.58. The van der Waals surface area contributed by atoms with E-state index in [1.165, 1.54) is 0 Å². The van der Waals surface area contributed by atoms with Crippen LogP contribution in [0.3, 0.4) is 0 Å². The lowest BCUT2D eigenvalue weighted by molar-refractivity contribution is -0.137. The second-order valence-corrected chi connectivity index (χ2v) is 9.56. The summed E-state index contributed by atoms with van der Waals surface area (Å²) in [7, 11) is 0. The maximum atomic E-state index is 13.6. The van der Waals surface area contributed by atoms with Gasteiger partial charge in [-0.25, -0.2) is 0 Å². The SMILES string of the molecule is CC(C)(C)[C@H]1CC(=O)N[C@@H](c2cccc(Cl)c2)[C@]12C(=O)Nc1cc(Cl)ccc12. The number of anilines is 1. The number of hydrogen-bond donors (Lipinski definition) is 2. The molecule has 0 aromatic heterocycles. The number of rotatable bonds is 1. The van der Waals surface area contributed by atoms with Crippen LogP contribution in [-0.4, -0.2) is 11.8 Å². The first-order valence-electron chi connectivity index (χ1n) is 9.30. The minimum atomic E-state index is -0.948. The molecule has 0 bridgehead atoms. The molecule has 6 heteroatoms. The van der Waals surface area contributed by atoms with Gasteiger partial charge in [0.05, 0.1) is 6.04 Å². The molecule has 2 aromatic rings. The Bertz CT molecular complexity index is 983. The molecule has 4 rings (SSSR count). The number of carbonyl (C=O) groups is 2. The molecule has 1 spiro atoms. The number of carbonyl (C=O) groups excluding carboxylic acids is 2. The molecule has 2 amide bonds. The van der Waals surface area contributed by atoms with E-state index in [9.17, 15) is 9.59 Å². The van der Waals surface area contributed by atoms with Gasteiger partial charge in [-0.15, -0.1) is 0 Å². The summed E-state index contributed by atoms with van der Waals surface area (Å²) in [6.45, 7) is 6.23. The third-order valence-electron chi connectivity index (χ3n) is 5.98. The second-order valence-electron chi connectivity index (χ2n) is 8.69. The number of piperidine rings is 1. The van der Waals surface area contributed by atoms with Crippen LogP contribution in [0.25, 0.3) is 0 Å². The van der Waals surface area contributed by atoms with E-state index in [2.05, 4.69) is 31.4 Å². The molecule has 3 atom stereocenters. The Hall–Kier alpha value is -2.04. The largest absolute Gasteiger partial charge is 0.348 e. The highest BCUT2D eigenvalue weighted by molar-refractivity contribution is 6.31. The summed E-state index contributed by atoms with van der Waals surface area (Å²) in [5.41, 5.74) is 1.15. The zero-order chi connectivity index (χ0) is 20.3. The molecule has 0 aliphatic carbocycles. The lowest BCUT2D eigenvalue weighted by atomic mass is 9.54. The van der Waals surface area contributed by atoms with Crippen LogP contribution in [-0.2, 0) is 15.0 Å². The number of amides is 2. The van der Waals surface area contributed by atoms with Crippen LogP contribution in [0.2, 0.25) is 10.0 Å². The van der Waals surface area contributed by atoms with Crippen molar-refractivity contribution in [2.45, 2.75) is 38.6 Å². The third-order valence-corrected chi connectivity index (χ3v) is 6.45. The molecule has 0 unspecified atom stereocenters. The average molecular weight is 417 g/mol. The van der Waals surface area contributed by atoms with Gasteiger partial charge < -0.3 is 10.6 Å². The Morgan fingerprint density at radius 2 is 1.75 bits per heavy atom. The lowest BCUT2D eigenvalue weighted by Gasteiger charge is -2.51. The third kappa shape index (κ3) is 2.82. The van der Waals surface area contributed by atoms with Crippen molar-refractivity contribution in [2.24, 2.45) is 11.3 Å². The molecule has 2 aromatic carbocycles. The summed E-state index contributed by atoms with van der Waals surface area (Å²) in [6, 6.07) is 12.3. The Balaban J connectivity index is 2.02. The second kappa shape index (κ2) is 6.50. The van der Waals surface area contributed by atoms with E-state index in [0.29, 0.717) is 15.7 Å². The van der Waals surface area contributed by atoms with Gasteiger partial charge in [-0.05, 0) is 46.7 Å². The minimum Gasteiger partial charge on any atom is -0.348 e. The number of benzene rings is 2. The van der Waals surface area contributed by atoms with Gasteiger partial charge in [-0.1, -0.05) is 62.2 Å². The van der Waals surface area contributed by atoms with Crippen molar-refractivity contribution < 1.29 is 9.59 Å². The predicted octanol–water partition coefficient (Wildman–Crippen LogP) is 5.11. The maximum Gasteiger partial charge on any atom is 0.237 e. The zero-order valence-corrected chi connectivity index (χ0v) is 17.5. The number of halogens is 2. The molecule has 2 heterocycles. The van der Waals surface area contributed by atoms with Crippen LogP contribution in [0.4, 0.5) is 5.69 Å². The van der Waals surface area contributed by atoms with Gasteiger partial charge in [0.2, 0.25) is 11.8 Å². The van der Waals surface area contributed by atoms with E-state index < -0.39 is 11.5 Å². The van der Waals surface area contributed by atoms with Crippen molar-refractivity contribution in [3.8, 4) is 0 Å². The van der Waals surface area contributed by atoms with Gasteiger partial charge in [0, 0.05) is 22.2 Å². The molecular formula is C22H22Cl2N2O2. The van der Waals surface area contributed by atoms with Crippen LogP contribution in [0, 0.1) is 11.3 Å². The Morgan fingerprint density at radius 1 is 1.04 bits per heavy atom. The van der Waals surface area contributed by atoms with Gasteiger partial charge in [-0.2, -0.15) is 0 Å². The number of nitrogens with one attached hydrogen (secondary N) is 2. The van der Waals surface area contributed by atoms with Gasteiger partial charge in [0.1, 0.15) is 5.41 Å². The normalized spacial score (nSPS) is 26.8. The summed E-state index contributed by atoms with van der Waals surface area (Å²) < 4.78 is 0. The van der Waals surface area contributed by atoms with Gasteiger partial charge in [-0.3, -0.25) is 9.59 Å². The molecule has 28 heavy (non-hydrogen) atoms. The number of hydrogen-bond acceptors (Lipinski definition) is 2. The van der Waals surface area contributed by atoms with E-state index in [-0.39, 0.29) is 29.6 Å². The minimum absolute atomic E-state index is 0.0641. The fraction of sp³-hybridized carbons (Fsp3) is 0.364. The molecule has 2 N–H and O–H groups in total. The average Bonchev–Trinajstić information content (AvgIpc) is 2.87.